The molecule has 2 aromatic rings. The Hall–Kier alpha value is -2.56. The van der Waals surface area contributed by atoms with Crippen LogP contribution in [0.2, 0.25) is 0 Å². The first-order valence-corrected chi connectivity index (χ1v) is 10.6. The van der Waals surface area contributed by atoms with Gasteiger partial charge in [-0.3, -0.25) is 4.79 Å². The van der Waals surface area contributed by atoms with Gasteiger partial charge in [-0.15, -0.1) is 0 Å². The van der Waals surface area contributed by atoms with Gasteiger partial charge < -0.3 is 13.9 Å². The van der Waals surface area contributed by atoms with Gasteiger partial charge >= 0.3 is 11.6 Å². The van der Waals surface area contributed by atoms with Crippen LogP contribution in [0.15, 0.2) is 50.7 Å². The summed E-state index contributed by atoms with van der Waals surface area (Å²) in [6.07, 6.45) is 3.30. The summed E-state index contributed by atoms with van der Waals surface area (Å²) in [5.41, 5.74) is 2.78. The molecule has 0 bridgehead atoms. The van der Waals surface area contributed by atoms with E-state index in [-0.39, 0.29) is 22.9 Å². The minimum absolute atomic E-state index is 0.131. The number of methoxy groups -OCH3 is 1. The second kappa shape index (κ2) is 9.07. The van der Waals surface area contributed by atoms with E-state index in [0.717, 1.165) is 24.6 Å². The lowest BCUT2D eigenvalue weighted by atomic mass is 9.58. The number of hydrogen-bond acceptors (Lipinski definition) is 5. The van der Waals surface area contributed by atoms with Gasteiger partial charge in [-0.2, -0.15) is 0 Å². The molecule has 5 nitrogen and oxygen atoms in total. The maximum atomic E-state index is 11.9. The predicted octanol–water partition coefficient (Wildman–Crippen LogP) is 5.51. The average molecular weight is 413 g/mol. The summed E-state index contributed by atoms with van der Waals surface area (Å²) < 4.78 is 16.4. The molecular weight excluding hydrogens is 380 g/mol. The molecule has 1 fully saturated rings. The molecule has 0 aliphatic heterocycles. The van der Waals surface area contributed by atoms with Gasteiger partial charge in [0.05, 0.1) is 13.7 Å². The Morgan fingerprint density at radius 2 is 1.97 bits per heavy atom. The Morgan fingerprint density at radius 1 is 1.23 bits per heavy atom. The van der Waals surface area contributed by atoms with Crippen molar-refractivity contribution in [2.45, 2.75) is 53.4 Å². The fourth-order valence-corrected chi connectivity index (χ4v) is 5.00. The summed E-state index contributed by atoms with van der Waals surface area (Å²) in [4.78, 5) is 23.4. The summed E-state index contributed by atoms with van der Waals surface area (Å²) in [6, 6.07) is 8.75. The number of ether oxygens (including phenoxy) is 2. The van der Waals surface area contributed by atoms with Gasteiger partial charge in [-0.25, -0.2) is 4.79 Å². The van der Waals surface area contributed by atoms with Gasteiger partial charge in [0.25, 0.3) is 0 Å². The van der Waals surface area contributed by atoms with Crippen LogP contribution in [-0.4, -0.2) is 19.7 Å². The molecule has 0 saturated heterocycles. The normalized spacial score (nSPS) is 24.0. The van der Waals surface area contributed by atoms with Crippen molar-refractivity contribution in [2.75, 3.05) is 13.7 Å². The van der Waals surface area contributed by atoms with Crippen molar-refractivity contribution in [2.24, 2.45) is 17.3 Å². The van der Waals surface area contributed by atoms with E-state index < -0.39 is 0 Å². The molecule has 1 aromatic carbocycles. The molecule has 1 heterocycles. The van der Waals surface area contributed by atoms with Crippen molar-refractivity contribution in [1.82, 2.24) is 0 Å². The van der Waals surface area contributed by atoms with Crippen LogP contribution in [0.25, 0.3) is 11.0 Å². The van der Waals surface area contributed by atoms with Crippen LogP contribution in [0.3, 0.4) is 0 Å². The first-order valence-electron chi connectivity index (χ1n) is 10.6. The highest BCUT2D eigenvalue weighted by atomic mass is 16.5. The molecule has 0 spiro atoms. The van der Waals surface area contributed by atoms with Gasteiger partial charge in [-0.05, 0) is 62.6 Å². The number of esters is 1. The topological polar surface area (TPSA) is 65.7 Å². The maximum Gasteiger partial charge on any atom is 0.336 e. The Bertz CT molecular complexity index is 998. The summed E-state index contributed by atoms with van der Waals surface area (Å²) in [5.74, 6) is 1.24. The van der Waals surface area contributed by atoms with E-state index in [0.29, 0.717) is 30.3 Å². The molecule has 3 rings (SSSR count). The average Bonchev–Trinajstić information content (AvgIpc) is 2.71. The molecule has 1 aromatic heterocycles. The number of fused-ring (bicyclic) bond motifs is 1. The zero-order valence-corrected chi connectivity index (χ0v) is 18.6. The lowest BCUT2D eigenvalue weighted by Crippen LogP contribution is -2.42. The number of carbonyl (C=O) groups is 1. The number of allylic oxidation sites excluding steroid dienone is 2. The quantitative estimate of drug-likeness (QED) is 0.355. The highest BCUT2D eigenvalue weighted by Crippen LogP contribution is 2.52. The van der Waals surface area contributed by atoms with E-state index in [1.807, 2.05) is 12.1 Å². The molecule has 30 heavy (non-hydrogen) atoms. The molecule has 5 heteroatoms. The van der Waals surface area contributed by atoms with Crippen molar-refractivity contribution in [3.05, 3.63) is 51.9 Å². The fraction of sp³-hybridized carbons (Fsp3) is 0.520. The predicted molar refractivity (Wildman–Crippen MR) is 118 cm³/mol. The van der Waals surface area contributed by atoms with Gasteiger partial charge in [0.2, 0.25) is 0 Å². The van der Waals surface area contributed by atoms with Crippen LogP contribution >= 0.6 is 0 Å². The summed E-state index contributed by atoms with van der Waals surface area (Å²) in [7, 11) is 1.44. The van der Waals surface area contributed by atoms with E-state index >= 15 is 0 Å². The molecule has 3 atom stereocenters. The lowest BCUT2D eigenvalue weighted by molar-refractivity contribution is -0.141. The monoisotopic (exact) mass is 412 g/mol. The minimum atomic E-state index is -0.371. The zero-order chi connectivity index (χ0) is 21.9. The van der Waals surface area contributed by atoms with Crippen molar-refractivity contribution >= 4 is 16.9 Å². The van der Waals surface area contributed by atoms with Crippen molar-refractivity contribution in [3.8, 4) is 5.75 Å². The smallest absolute Gasteiger partial charge is 0.336 e. The first kappa shape index (κ1) is 22.1. The number of carbonyl (C=O) groups excluding carboxylic acids is 1. The summed E-state index contributed by atoms with van der Waals surface area (Å²) in [5, 5.41) is 0.864. The number of benzene rings is 1. The first-order chi connectivity index (χ1) is 14.2. The maximum absolute atomic E-state index is 11.9. The SMILES string of the molecule is COC(=O)CC[C@]1(C)C(=C(C)C)CC[C@@H](C)[C@@H]1COc1ccc2ccc(=O)oc2c1. The zero-order valence-electron chi connectivity index (χ0n) is 18.6. The Kier molecular flexibility index (Phi) is 6.69. The van der Waals surface area contributed by atoms with Crippen LogP contribution in [0.4, 0.5) is 0 Å². The summed E-state index contributed by atoms with van der Waals surface area (Å²) in [6.45, 7) is 9.39. The standard InChI is InChI=1S/C25H32O5/c1-16(2)20-10-6-17(3)21(25(20,4)13-12-23(26)28-5)15-29-19-9-7-18-8-11-24(27)30-22(18)14-19/h7-9,11,14,17,21H,6,10,12-13,15H2,1-5H3/t17-,21+,25-/m1/s1. The summed E-state index contributed by atoms with van der Waals surface area (Å²) >= 11 is 0. The van der Waals surface area contributed by atoms with Crippen molar-refractivity contribution in [3.63, 3.8) is 0 Å². The Balaban J connectivity index is 1.85. The van der Waals surface area contributed by atoms with E-state index in [9.17, 15) is 9.59 Å². The largest absolute Gasteiger partial charge is 0.493 e. The van der Waals surface area contributed by atoms with Crippen molar-refractivity contribution in [1.29, 1.82) is 0 Å². The highest BCUT2D eigenvalue weighted by Gasteiger charge is 2.44. The molecule has 0 amide bonds. The van der Waals surface area contributed by atoms with E-state index in [2.05, 4.69) is 27.7 Å². The van der Waals surface area contributed by atoms with Crippen LogP contribution in [0.5, 0.6) is 5.75 Å². The van der Waals surface area contributed by atoms with Crippen LogP contribution < -0.4 is 10.4 Å². The third-order valence-corrected chi connectivity index (χ3v) is 6.75. The second-order valence-corrected chi connectivity index (χ2v) is 8.86. The lowest BCUT2D eigenvalue weighted by Gasteiger charge is -2.48. The van der Waals surface area contributed by atoms with Gasteiger partial charge in [0.15, 0.2) is 0 Å². The van der Waals surface area contributed by atoms with E-state index in [1.54, 1.807) is 12.1 Å². The van der Waals surface area contributed by atoms with Gasteiger partial charge in [0, 0.05) is 29.9 Å². The number of hydrogen-bond donors (Lipinski definition) is 0. The Labute approximate surface area is 178 Å². The fourth-order valence-electron chi connectivity index (χ4n) is 5.00. The number of rotatable bonds is 6. The molecule has 1 saturated carbocycles. The van der Waals surface area contributed by atoms with Gasteiger partial charge in [-0.1, -0.05) is 25.0 Å². The molecule has 162 valence electrons. The van der Waals surface area contributed by atoms with E-state index in [4.69, 9.17) is 13.9 Å². The van der Waals surface area contributed by atoms with Crippen LogP contribution in [0.1, 0.15) is 53.4 Å². The third-order valence-electron chi connectivity index (χ3n) is 6.75. The molecule has 1 aliphatic rings. The molecule has 1 aliphatic carbocycles. The molecule has 0 radical (unpaired) electrons. The molecule has 0 N–H and O–H groups in total. The minimum Gasteiger partial charge on any atom is -0.493 e. The third kappa shape index (κ3) is 4.61. The van der Waals surface area contributed by atoms with Crippen LogP contribution in [-0.2, 0) is 9.53 Å². The second-order valence-electron chi connectivity index (χ2n) is 8.86. The molecular formula is C25H32O5. The Morgan fingerprint density at radius 3 is 2.67 bits per heavy atom. The highest BCUT2D eigenvalue weighted by molar-refractivity contribution is 5.77. The van der Waals surface area contributed by atoms with Crippen molar-refractivity contribution < 1.29 is 18.7 Å². The van der Waals surface area contributed by atoms with Crippen LogP contribution in [0, 0.1) is 17.3 Å². The molecule has 0 unspecified atom stereocenters. The van der Waals surface area contributed by atoms with Gasteiger partial charge in [0.1, 0.15) is 11.3 Å². The van der Waals surface area contributed by atoms with E-state index in [1.165, 1.54) is 24.3 Å².